The van der Waals surface area contributed by atoms with E-state index in [1.54, 1.807) is 11.8 Å². The van der Waals surface area contributed by atoms with Crippen LogP contribution in [0, 0.1) is 0 Å². The minimum absolute atomic E-state index is 0.0770. The molecular weight excluding hydrogens is 440 g/mol. The van der Waals surface area contributed by atoms with E-state index >= 15 is 0 Å². The Kier molecular flexibility index (Phi) is 6.93. The maximum atomic E-state index is 12.8. The molecule has 1 saturated carbocycles. The molecule has 1 atom stereocenters. The highest BCUT2D eigenvalue weighted by atomic mass is 32.2. The van der Waals surface area contributed by atoms with Crippen molar-refractivity contribution in [3.05, 3.63) is 59.7 Å². The van der Waals surface area contributed by atoms with Crippen LogP contribution in [0.4, 0.5) is 4.79 Å². The molecule has 2 aliphatic carbocycles. The van der Waals surface area contributed by atoms with Crippen LogP contribution in [-0.2, 0) is 14.3 Å². The molecule has 33 heavy (non-hydrogen) atoms. The largest absolute Gasteiger partial charge is 0.480 e. The van der Waals surface area contributed by atoms with Crippen LogP contribution in [0.1, 0.15) is 42.7 Å². The second kappa shape index (κ2) is 9.87. The maximum absolute atomic E-state index is 12.8. The number of hydrogen-bond acceptors (Lipinski definition) is 5. The van der Waals surface area contributed by atoms with Crippen molar-refractivity contribution in [3.63, 3.8) is 0 Å². The van der Waals surface area contributed by atoms with E-state index < -0.39 is 29.6 Å². The van der Waals surface area contributed by atoms with E-state index in [0.717, 1.165) is 28.7 Å². The molecule has 0 aliphatic heterocycles. The van der Waals surface area contributed by atoms with Gasteiger partial charge in [0, 0.05) is 5.92 Å². The number of carboxylic acid groups (broad SMARTS) is 1. The average Bonchev–Trinajstić information content (AvgIpc) is 3.11. The molecular formula is C25H28N2O5S. The molecule has 0 aromatic heterocycles. The minimum Gasteiger partial charge on any atom is -0.480 e. The number of fused-ring (bicyclic) bond motifs is 3. The summed E-state index contributed by atoms with van der Waals surface area (Å²) in [6.07, 6.45) is 3.15. The summed E-state index contributed by atoms with van der Waals surface area (Å²) in [6.45, 7) is 0.149. The normalized spacial score (nSPS) is 16.6. The second-order valence-electron chi connectivity index (χ2n) is 8.53. The number of amides is 2. The maximum Gasteiger partial charge on any atom is 0.407 e. The third kappa shape index (κ3) is 4.71. The van der Waals surface area contributed by atoms with Gasteiger partial charge in [-0.25, -0.2) is 9.59 Å². The first-order valence-corrected chi connectivity index (χ1v) is 12.5. The summed E-state index contributed by atoms with van der Waals surface area (Å²) in [5.41, 5.74) is 3.27. The molecule has 0 saturated heterocycles. The lowest BCUT2D eigenvalue weighted by Gasteiger charge is -2.39. The predicted octanol–water partition coefficient (Wildman–Crippen LogP) is 3.77. The summed E-state index contributed by atoms with van der Waals surface area (Å²) in [5, 5.41) is 14.8. The lowest BCUT2D eigenvalue weighted by atomic mass is 9.76. The van der Waals surface area contributed by atoms with Crippen LogP contribution in [0.5, 0.6) is 0 Å². The Morgan fingerprint density at radius 1 is 1.09 bits per heavy atom. The molecule has 0 heterocycles. The molecule has 4 rings (SSSR count). The Morgan fingerprint density at radius 2 is 1.70 bits per heavy atom. The smallest absolute Gasteiger partial charge is 0.407 e. The fourth-order valence-corrected chi connectivity index (χ4v) is 5.00. The Bertz CT molecular complexity index is 1010. The summed E-state index contributed by atoms with van der Waals surface area (Å²) in [5.74, 6) is -0.958. The van der Waals surface area contributed by atoms with Crippen molar-refractivity contribution >= 4 is 29.7 Å². The molecule has 0 radical (unpaired) electrons. The van der Waals surface area contributed by atoms with E-state index in [0.29, 0.717) is 25.0 Å². The standard InChI is InChI=1S/C25H28N2O5S/c1-33-14-11-21(22(28)27-25(23(29)30)12-6-13-25)26-24(31)32-15-20-18-9-4-2-7-16(18)17-8-3-5-10-19(17)20/h2-5,7-10,20-21H,6,11-15H2,1H3,(H,26,31)(H,27,28)(H,29,30). The number of rotatable bonds is 9. The van der Waals surface area contributed by atoms with Gasteiger partial charge < -0.3 is 20.5 Å². The van der Waals surface area contributed by atoms with E-state index in [2.05, 4.69) is 22.8 Å². The van der Waals surface area contributed by atoms with Gasteiger partial charge in [0.1, 0.15) is 18.2 Å². The van der Waals surface area contributed by atoms with E-state index in [1.165, 1.54) is 0 Å². The molecule has 8 heteroatoms. The van der Waals surface area contributed by atoms with Gasteiger partial charge in [0.2, 0.25) is 5.91 Å². The van der Waals surface area contributed by atoms with Gasteiger partial charge in [-0.1, -0.05) is 48.5 Å². The van der Waals surface area contributed by atoms with Gasteiger partial charge >= 0.3 is 12.1 Å². The average molecular weight is 469 g/mol. The zero-order valence-electron chi connectivity index (χ0n) is 18.5. The van der Waals surface area contributed by atoms with Gasteiger partial charge in [0.05, 0.1) is 0 Å². The first-order chi connectivity index (χ1) is 15.9. The first-order valence-electron chi connectivity index (χ1n) is 11.1. The number of hydrogen-bond donors (Lipinski definition) is 3. The van der Waals surface area contributed by atoms with E-state index in [9.17, 15) is 19.5 Å². The second-order valence-corrected chi connectivity index (χ2v) is 9.52. The minimum atomic E-state index is -1.22. The molecule has 2 aliphatic rings. The lowest BCUT2D eigenvalue weighted by molar-refractivity contribution is -0.152. The van der Waals surface area contributed by atoms with Crippen molar-refractivity contribution in [1.29, 1.82) is 0 Å². The van der Waals surface area contributed by atoms with Crippen LogP contribution in [0.15, 0.2) is 48.5 Å². The Morgan fingerprint density at radius 3 is 2.21 bits per heavy atom. The molecule has 3 N–H and O–H groups in total. The summed E-state index contributed by atoms with van der Waals surface area (Å²) >= 11 is 1.55. The molecule has 1 fully saturated rings. The van der Waals surface area contributed by atoms with Gasteiger partial charge in [-0.15, -0.1) is 0 Å². The number of aliphatic carboxylic acids is 1. The van der Waals surface area contributed by atoms with Crippen molar-refractivity contribution in [2.75, 3.05) is 18.6 Å². The zero-order chi connectivity index (χ0) is 23.4. The quantitative estimate of drug-likeness (QED) is 0.518. The van der Waals surface area contributed by atoms with Gasteiger partial charge in [0.25, 0.3) is 0 Å². The van der Waals surface area contributed by atoms with E-state index in [1.807, 2.05) is 42.7 Å². The van der Waals surface area contributed by atoms with Crippen LogP contribution in [0.2, 0.25) is 0 Å². The highest BCUT2D eigenvalue weighted by molar-refractivity contribution is 7.98. The molecule has 2 aromatic carbocycles. The summed E-state index contributed by atoms with van der Waals surface area (Å²) < 4.78 is 5.57. The van der Waals surface area contributed by atoms with E-state index in [-0.39, 0.29) is 12.5 Å². The van der Waals surface area contributed by atoms with Crippen LogP contribution in [0.3, 0.4) is 0 Å². The molecule has 0 spiro atoms. The fourth-order valence-electron chi connectivity index (χ4n) is 4.53. The Hall–Kier alpha value is -3.00. The number of thioether (sulfide) groups is 1. The van der Waals surface area contributed by atoms with Gasteiger partial charge in [-0.2, -0.15) is 11.8 Å². The van der Waals surface area contributed by atoms with Crippen LogP contribution < -0.4 is 10.6 Å². The Labute approximate surface area is 197 Å². The highest BCUT2D eigenvalue weighted by Gasteiger charge is 2.46. The zero-order valence-corrected chi connectivity index (χ0v) is 19.3. The third-order valence-electron chi connectivity index (χ3n) is 6.54. The summed E-state index contributed by atoms with van der Waals surface area (Å²) in [7, 11) is 0. The molecule has 2 amide bonds. The topological polar surface area (TPSA) is 105 Å². The number of carbonyl (C=O) groups is 3. The number of nitrogens with one attached hydrogen (secondary N) is 2. The van der Waals surface area contributed by atoms with E-state index in [4.69, 9.17) is 4.74 Å². The first kappa shape index (κ1) is 23.2. The number of ether oxygens (including phenoxy) is 1. The third-order valence-corrected chi connectivity index (χ3v) is 7.19. The van der Waals surface area contributed by atoms with Gasteiger partial charge in [0.15, 0.2) is 0 Å². The van der Waals surface area contributed by atoms with Crippen molar-refractivity contribution in [2.24, 2.45) is 0 Å². The molecule has 2 aromatic rings. The van der Waals surface area contributed by atoms with Crippen molar-refractivity contribution in [1.82, 2.24) is 10.6 Å². The summed E-state index contributed by atoms with van der Waals surface area (Å²) in [4.78, 5) is 37.1. The molecule has 0 bridgehead atoms. The number of alkyl carbamates (subject to hydrolysis) is 1. The predicted molar refractivity (Wildman–Crippen MR) is 127 cm³/mol. The molecule has 174 valence electrons. The Balaban J connectivity index is 1.41. The summed E-state index contributed by atoms with van der Waals surface area (Å²) in [6, 6.07) is 15.3. The SMILES string of the molecule is CSCCC(NC(=O)OCC1c2ccccc2-c2ccccc21)C(=O)NC1(C(=O)O)CCC1. The molecule has 1 unspecified atom stereocenters. The monoisotopic (exact) mass is 468 g/mol. The van der Waals surface area contributed by atoms with Gasteiger partial charge in [-0.05, 0) is 59.9 Å². The fraction of sp³-hybridized carbons (Fsp3) is 0.400. The van der Waals surface area contributed by atoms with Crippen LogP contribution >= 0.6 is 11.8 Å². The van der Waals surface area contributed by atoms with Crippen molar-refractivity contribution in [3.8, 4) is 11.1 Å². The van der Waals surface area contributed by atoms with Gasteiger partial charge in [-0.3, -0.25) is 4.79 Å². The number of benzene rings is 2. The van der Waals surface area contributed by atoms with Crippen LogP contribution in [-0.4, -0.2) is 53.3 Å². The number of carbonyl (C=O) groups excluding carboxylic acids is 2. The van der Waals surface area contributed by atoms with Crippen molar-refractivity contribution in [2.45, 2.75) is 43.2 Å². The lowest BCUT2D eigenvalue weighted by Crippen LogP contribution is -2.62. The van der Waals surface area contributed by atoms with Crippen LogP contribution in [0.25, 0.3) is 11.1 Å². The highest BCUT2D eigenvalue weighted by Crippen LogP contribution is 2.44. The van der Waals surface area contributed by atoms with Crippen molar-refractivity contribution < 1.29 is 24.2 Å². The molecule has 7 nitrogen and oxygen atoms in total. The number of carboxylic acids is 1.